The van der Waals surface area contributed by atoms with E-state index in [0.717, 1.165) is 46.7 Å². The van der Waals surface area contributed by atoms with Crippen molar-refractivity contribution in [2.24, 2.45) is 5.41 Å². The molecule has 12 heteroatoms. The van der Waals surface area contributed by atoms with Crippen molar-refractivity contribution in [1.82, 2.24) is 20.3 Å². The topological polar surface area (TPSA) is 115 Å². The molecule has 1 spiro atoms. The van der Waals surface area contributed by atoms with Gasteiger partial charge in [-0.05, 0) is 52.9 Å². The van der Waals surface area contributed by atoms with Crippen LogP contribution in [0.2, 0.25) is 5.02 Å². The summed E-state index contributed by atoms with van der Waals surface area (Å²) in [5.74, 6) is 1.16. The second-order valence-corrected chi connectivity index (χ2v) is 12.4. The SMILES string of the molecule is CSc1nc(Sc2ccnc(N)c2Cl)cnc1N1CCC2(CC1)CO[C@@H](C)[C@H]2NC(=O)OC(C)(C)C. The molecule has 4 rings (SSSR count). The fourth-order valence-corrected chi connectivity index (χ4v) is 6.32. The molecule has 2 fully saturated rings. The van der Waals surface area contributed by atoms with Gasteiger partial charge in [0.05, 0.1) is 30.0 Å². The Morgan fingerprint density at radius 3 is 2.72 bits per heavy atom. The number of piperidine rings is 1. The molecule has 2 aliphatic rings. The van der Waals surface area contributed by atoms with Crippen LogP contribution in [0, 0.1) is 5.41 Å². The van der Waals surface area contributed by atoms with Crippen molar-refractivity contribution in [2.45, 2.75) is 73.2 Å². The lowest BCUT2D eigenvalue weighted by Gasteiger charge is -2.43. The van der Waals surface area contributed by atoms with E-state index in [9.17, 15) is 4.79 Å². The predicted molar refractivity (Wildman–Crippen MR) is 144 cm³/mol. The van der Waals surface area contributed by atoms with E-state index in [2.05, 4.69) is 15.2 Å². The molecule has 9 nitrogen and oxygen atoms in total. The minimum absolute atomic E-state index is 0.0732. The zero-order valence-corrected chi connectivity index (χ0v) is 23.6. The number of pyridine rings is 1. The highest BCUT2D eigenvalue weighted by molar-refractivity contribution is 7.99. The Morgan fingerprint density at radius 2 is 2.06 bits per heavy atom. The molecule has 0 unspecified atom stereocenters. The molecule has 0 bridgehead atoms. The summed E-state index contributed by atoms with van der Waals surface area (Å²) < 4.78 is 11.5. The van der Waals surface area contributed by atoms with E-state index in [1.165, 1.54) is 11.8 Å². The third-order valence-electron chi connectivity index (χ3n) is 6.48. The number of carbonyl (C=O) groups excluding carboxylic acids is 1. The van der Waals surface area contributed by atoms with E-state index in [1.807, 2.05) is 40.0 Å². The Kier molecular flexibility index (Phi) is 8.13. The molecule has 2 aromatic rings. The van der Waals surface area contributed by atoms with Gasteiger partial charge < -0.3 is 25.4 Å². The summed E-state index contributed by atoms with van der Waals surface area (Å²) in [6.07, 6.45) is 6.67. The molecule has 0 aromatic carbocycles. The van der Waals surface area contributed by atoms with E-state index in [1.54, 1.807) is 24.2 Å². The molecule has 1 amide bonds. The van der Waals surface area contributed by atoms with Gasteiger partial charge in [0.1, 0.15) is 21.5 Å². The van der Waals surface area contributed by atoms with E-state index in [-0.39, 0.29) is 17.6 Å². The quantitative estimate of drug-likeness (QED) is 0.497. The minimum atomic E-state index is -0.546. The predicted octanol–water partition coefficient (Wildman–Crippen LogP) is 4.88. The van der Waals surface area contributed by atoms with Crippen LogP contribution < -0.4 is 16.0 Å². The van der Waals surface area contributed by atoms with Gasteiger partial charge in [0.25, 0.3) is 0 Å². The number of thioether (sulfide) groups is 1. The van der Waals surface area contributed by atoms with Gasteiger partial charge in [0.15, 0.2) is 5.82 Å². The molecule has 2 aliphatic heterocycles. The van der Waals surface area contributed by atoms with E-state index in [0.29, 0.717) is 17.4 Å². The third-order valence-corrected chi connectivity index (χ3v) is 8.62. The summed E-state index contributed by atoms with van der Waals surface area (Å²) in [4.78, 5) is 29.2. The number of nitrogens with zero attached hydrogens (tertiary/aromatic N) is 4. The number of rotatable bonds is 5. The zero-order valence-electron chi connectivity index (χ0n) is 21.2. The molecule has 2 aromatic heterocycles. The molecule has 36 heavy (non-hydrogen) atoms. The number of halogens is 1. The highest BCUT2D eigenvalue weighted by Gasteiger charge is 2.50. The number of hydrogen-bond donors (Lipinski definition) is 2. The normalized spacial score (nSPS) is 21.6. The van der Waals surface area contributed by atoms with Gasteiger partial charge in [-0.3, -0.25) is 0 Å². The number of hydrogen-bond acceptors (Lipinski definition) is 10. The Labute approximate surface area is 225 Å². The van der Waals surface area contributed by atoms with Crippen LogP contribution in [0.25, 0.3) is 0 Å². The largest absolute Gasteiger partial charge is 0.444 e. The minimum Gasteiger partial charge on any atom is -0.444 e. The third kappa shape index (κ3) is 5.95. The van der Waals surface area contributed by atoms with Crippen LogP contribution in [-0.4, -0.2) is 64.7 Å². The number of ether oxygens (including phenoxy) is 2. The van der Waals surface area contributed by atoms with Gasteiger partial charge in [0, 0.05) is 29.6 Å². The van der Waals surface area contributed by atoms with E-state index < -0.39 is 11.7 Å². The monoisotopic (exact) mass is 552 g/mol. The molecular formula is C24H33ClN6O3S2. The second kappa shape index (κ2) is 10.8. The van der Waals surface area contributed by atoms with Crippen LogP contribution in [0.4, 0.5) is 16.4 Å². The van der Waals surface area contributed by atoms with Crippen molar-refractivity contribution in [3.8, 4) is 0 Å². The molecule has 0 radical (unpaired) electrons. The number of aromatic nitrogens is 3. The Morgan fingerprint density at radius 1 is 1.33 bits per heavy atom. The van der Waals surface area contributed by atoms with Gasteiger partial charge in [-0.25, -0.2) is 19.7 Å². The number of nitrogens with one attached hydrogen (secondary N) is 1. The lowest BCUT2D eigenvalue weighted by atomic mass is 9.73. The first-order valence-electron chi connectivity index (χ1n) is 11.9. The van der Waals surface area contributed by atoms with Crippen molar-refractivity contribution in [3.63, 3.8) is 0 Å². The fourth-order valence-electron chi connectivity index (χ4n) is 4.69. The molecule has 0 aliphatic carbocycles. The van der Waals surface area contributed by atoms with Crippen molar-refractivity contribution in [1.29, 1.82) is 0 Å². The average Bonchev–Trinajstić information content (AvgIpc) is 3.11. The van der Waals surface area contributed by atoms with Crippen molar-refractivity contribution < 1.29 is 14.3 Å². The number of amides is 1. The summed E-state index contributed by atoms with van der Waals surface area (Å²) in [5, 5.41) is 5.11. The van der Waals surface area contributed by atoms with E-state index >= 15 is 0 Å². The van der Waals surface area contributed by atoms with Gasteiger partial charge >= 0.3 is 6.09 Å². The zero-order chi connectivity index (χ0) is 26.1. The number of anilines is 2. The Bertz CT molecular complexity index is 1110. The summed E-state index contributed by atoms with van der Waals surface area (Å²) >= 11 is 9.27. The fraction of sp³-hybridized carbons (Fsp3) is 0.583. The standard InChI is InChI=1S/C24H33ClN6O3S2/c1-14-18(30-22(32)34-23(2,3)4)24(13-33-14)7-10-31(11-8-24)20-21(35-5)29-16(12-28-20)36-15-6-9-27-19(26)17(15)25/h6,9,12,14,18H,7-8,10-11,13H2,1-5H3,(H2,26,27)(H,30,32)/t14-,18+/m0/s1. The number of nitrogen functional groups attached to an aromatic ring is 1. The van der Waals surface area contributed by atoms with Crippen molar-refractivity contribution in [2.75, 3.05) is 36.6 Å². The number of nitrogens with two attached hydrogens (primary N) is 1. The highest BCUT2D eigenvalue weighted by atomic mass is 35.5. The first-order valence-corrected chi connectivity index (χ1v) is 14.3. The van der Waals surface area contributed by atoms with Crippen LogP contribution >= 0.6 is 35.1 Å². The lowest BCUT2D eigenvalue weighted by Crippen LogP contribution is -2.55. The van der Waals surface area contributed by atoms with Gasteiger partial charge in [-0.15, -0.1) is 11.8 Å². The van der Waals surface area contributed by atoms with Crippen molar-refractivity contribution >= 4 is 52.9 Å². The molecule has 3 N–H and O–H groups in total. The van der Waals surface area contributed by atoms with Crippen molar-refractivity contribution in [3.05, 3.63) is 23.5 Å². The maximum Gasteiger partial charge on any atom is 0.407 e. The maximum absolute atomic E-state index is 12.5. The van der Waals surface area contributed by atoms with Gasteiger partial charge in [0.2, 0.25) is 0 Å². The van der Waals surface area contributed by atoms with Gasteiger partial charge in [-0.1, -0.05) is 23.4 Å². The molecule has 4 heterocycles. The summed E-state index contributed by atoms with van der Waals surface area (Å²) in [7, 11) is 0. The van der Waals surface area contributed by atoms with Crippen LogP contribution in [-0.2, 0) is 9.47 Å². The number of alkyl carbamates (subject to hydrolysis) is 1. The first-order chi connectivity index (χ1) is 17.0. The van der Waals surface area contributed by atoms with Gasteiger partial charge in [-0.2, -0.15) is 0 Å². The van der Waals surface area contributed by atoms with Crippen LogP contribution in [0.5, 0.6) is 0 Å². The van der Waals surface area contributed by atoms with E-state index in [4.69, 9.17) is 36.8 Å². The maximum atomic E-state index is 12.5. The number of carbonyl (C=O) groups is 1. The summed E-state index contributed by atoms with van der Waals surface area (Å²) in [6.45, 7) is 9.82. The highest BCUT2D eigenvalue weighted by Crippen LogP contribution is 2.44. The van der Waals surface area contributed by atoms with Crippen LogP contribution in [0.3, 0.4) is 0 Å². The van der Waals surface area contributed by atoms with Crippen LogP contribution in [0.15, 0.2) is 33.4 Å². The molecule has 2 saturated heterocycles. The first kappa shape index (κ1) is 27.1. The molecule has 0 saturated carbocycles. The molecule has 196 valence electrons. The van der Waals surface area contributed by atoms with Crippen LogP contribution in [0.1, 0.15) is 40.5 Å². The second-order valence-electron chi connectivity index (χ2n) is 10.1. The average molecular weight is 553 g/mol. The Balaban J connectivity index is 1.45. The molecular weight excluding hydrogens is 520 g/mol. The summed E-state index contributed by atoms with van der Waals surface area (Å²) in [5.41, 5.74) is 5.15. The molecule has 2 atom stereocenters. The Hall–Kier alpha value is -1.95. The summed E-state index contributed by atoms with van der Waals surface area (Å²) in [6, 6.07) is 1.71. The smallest absolute Gasteiger partial charge is 0.407 e. The lowest BCUT2D eigenvalue weighted by molar-refractivity contribution is 0.0434.